The van der Waals surface area contributed by atoms with E-state index in [2.05, 4.69) is 15.3 Å². The highest BCUT2D eigenvalue weighted by Crippen LogP contribution is 2.24. The van der Waals surface area contributed by atoms with E-state index in [0.717, 1.165) is 0 Å². The minimum atomic E-state index is -4.26. The van der Waals surface area contributed by atoms with Gasteiger partial charge in [-0.2, -0.15) is 13.2 Å². The molecule has 0 radical (unpaired) electrons. The predicted octanol–water partition coefficient (Wildman–Crippen LogP) is 3.25. The Kier molecular flexibility index (Phi) is 5.59. The smallest absolute Gasteiger partial charge is 0.370 e. The molecule has 0 aliphatic carbocycles. The van der Waals surface area contributed by atoms with E-state index in [4.69, 9.17) is 0 Å². The second-order valence-corrected chi connectivity index (χ2v) is 4.75. The molecule has 0 amide bonds. The van der Waals surface area contributed by atoms with Crippen LogP contribution in [0.4, 0.5) is 24.8 Å². The summed E-state index contributed by atoms with van der Waals surface area (Å²) in [6, 6.07) is 1.26. The van der Waals surface area contributed by atoms with Crippen LogP contribution in [0.3, 0.4) is 0 Å². The van der Waals surface area contributed by atoms with Gasteiger partial charge in [0, 0.05) is 25.1 Å². The second-order valence-electron chi connectivity index (χ2n) is 4.75. The van der Waals surface area contributed by atoms with Crippen LogP contribution in [0.5, 0.6) is 0 Å². The van der Waals surface area contributed by atoms with Crippen LogP contribution in [-0.4, -0.2) is 35.3 Å². The van der Waals surface area contributed by atoms with Crippen LogP contribution in [0.1, 0.15) is 33.5 Å². The first-order valence-electron chi connectivity index (χ1n) is 6.72. The van der Waals surface area contributed by atoms with Gasteiger partial charge in [-0.1, -0.05) is 6.92 Å². The molecule has 1 heterocycles. The molecule has 0 saturated carbocycles. The Morgan fingerprint density at radius 1 is 1.25 bits per heavy atom. The number of rotatable bonds is 6. The number of nitrogens with zero attached hydrogens (tertiary/aromatic N) is 3. The molecule has 0 fully saturated rings. The highest BCUT2D eigenvalue weighted by atomic mass is 19.4. The lowest BCUT2D eigenvalue weighted by atomic mass is 10.3. The van der Waals surface area contributed by atoms with Crippen molar-refractivity contribution >= 4 is 11.6 Å². The highest BCUT2D eigenvalue weighted by molar-refractivity contribution is 5.50. The summed E-state index contributed by atoms with van der Waals surface area (Å²) < 4.78 is 38.0. The molecule has 0 bridgehead atoms. The number of hydrogen-bond acceptors (Lipinski definition) is 4. The molecule has 0 aliphatic heterocycles. The van der Waals surface area contributed by atoms with Gasteiger partial charge >= 0.3 is 6.18 Å². The zero-order valence-electron chi connectivity index (χ0n) is 12.3. The third-order valence-electron chi connectivity index (χ3n) is 2.70. The highest BCUT2D eigenvalue weighted by Gasteiger charge is 2.32. The molecule has 0 saturated heterocycles. The van der Waals surface area contributed by atoms with E-state index < -0.39 is 12.7 Å². The molecule has 1 N–H and O–H groups in total. The summed E-state index contributed by atoms with van der Waals surface area (Å²) in [5.74, 6) is 1.40. The van der Waals surface area contributed by atoms with Crippen LogP contribution in [0.15, 0.2) is 6.07 Å². The molecular weight excluding hydrogens is 269 g/mol. The Morgan fingerprint density at radius 3 is 2.35 bits per heavy atom. The third-order valence-corrected chi connectivity index (χ3v) is 2.70. The van der Waals surface area contributed by atoms with Crippen molar-refractivity contribution in [1.29, 1.82) is 0 Å². The van der Waals surface area contributed by atoms with Gasteiger partial charge in [-0.3, -0.25) is 0 Å². The van der Waals surface area contributed by atoms with Crippen molar-refractivity contribution < 1.29 is 13.2 Å². The zero-order valence-corrected chi connectivity index (χ0v) is 12.3. The number of aromatic nitrogens is 2. The molecule has 1 rings (SSSR count). The van der Waals surface area contributed by atoms with E-state index in [1.165, 1.54) is 4.90 Å². The van der Waals surface area contributed by atoms with Crippen molar-refractivity contribution in [2.75, 3.05) is 23.3 Å². The quantitative estimate of drug-likeness (QED) is 0.873. The minimum Gasteiger partial charge on any atom is -0.370 e. The van der Waals surface area contributed by atoms with Gasteiger partial charge in [0.2, 0.25) is 0 Å². The summed E-state index contributed by atoms with van der Waals surface area (Å²) in [7, 11) is 0. The summed E-state index contributed by atoms with van der Waals surface area (Å²) in [5.41, 5.74) is 0. The van der Waals surface area contributed by atoms with Crippen LogP contribution in [0.2, 0.25) is 0 Å². The molecule has 0 spiro atoms. The Morgan fingerprint density at radius 2 is 1.90 bits per heavy atom. The number of anilines is 2. The Hall–Kier alpha value is -1.53. The molecule has 20 heavy (non-hydrogen) atoms. The topological polar surface area (TPSA) is 41.0 Å². The van der Waals surface area contributed by atoms with E-state index in [9.17, 15) is 13.2 Å². The average molecular weight is 290 g/mol. The van der Waals surface area contributed by atoms with Crippen LogP contribution >= 0.6 is 0 Å². The molecule has 1 aromatic rings. The van der Waals surface area contributed by atoms with Gasteiger partial charge in [0.25, 0.3) is 0 Å². The number of hydrogen-bond donors (Lipinski definition) is 1. The van der Waals surface area contributed by atoms with Crippen LogP contribution in [0.25, 0.3) is 0 Å². The normalized spacial score (nSPS) is 11.8. The Labute approximate surface area is 117 Å². The van der Waals surface area contributed by atoms with Crippen molar-refractivity contribution in [2.45, 2.75) is 46.3 Å². The lowest BCUT2D eigenvalue weighted by Crippen LogP contribution is -2.39. The maximum absolute atomic E-state index is 12.7. The van der Waals surface area contributed by atoms with E-state index in [1.807, 2.05) is 13.8 Å². The fraction of sp³-hybridized carbons (Fsp3) is 0.692. The first-order valence-corrected chi connectivity index (χ1v) is 6.72. The maximum atomic E-state index is 12.7. The first-order chi connectivity index (χ1) is 9.26. The molecule has 1 aromatic heterocycles. The number of alkyl halides is 3. The molecular formula is C13H21F3N4. The van der Waals surface area contributed by atoms with Crippen molar-refractivity contribution in [3.8, 4) is 0 Å². The molecule has 114 valence electrons. The SMILES string of the molecule is CCNc1cc(N(CC(F)(F)F)C(C)C)nc(CC)n1. The largest absolute Gasteiger partial charge is 0.405 e. The molecule has 0 unspecified atom stereocenters. The number of aryl methyl sites for hydroxylation is 1. The van der Waals surface area contributed by atoms with Gasteiger partial charge in [-0.25, -0.2) is 9.97 Å². The zero-order chi connectivity index (χ0) is 15.3. The lowest BCUT2D eigenvalue weighted by Gasteiger charge is -2.29. The van der Waals surface area contributed by atoms with Crippen molar-refractivity contribution in [1.82, 2.24) is 9.97 Å². The Balaban J connectivity index is 3.14. The molecule has 0 aromatic carbocycles. The molecule has 7 heteroatoms. The second kappa shape index (κ2) is 6.76. The monoisotopic (exact) mass is 290 g/mol. The minimum absolute atomic E-state index is 0.300. The van der Waals surface area contributed by atoms with E-state index in [0.29, 0.717) is 30.4 Å². The number of nitrogens with one attached hydrogen (secondary N) is 1. The molecule has 4 nitrogen and oxygen atoms in total. The van der Waals surface area contributed by atoms with Crippen molar-refractivity contribution in [3.63, 3.8) is 0 Å². The third kappa shape index (κ3) is 4.86. The lowest BCUT2D eigenvalue weighted by molar-refractivity contribution is -0.120. The number of halogens is 3. The van der Waals surface area contributed by atoms with Crippen molar-refractivity contribution in [3.05, 3.63) is 11.9 Å². The van der Waals surface area contributed by atoms with Crippen LogP contribution < -0.4 is 10.2 Å². The molecule has 0 aliphatic rings. The fourth-order valence-electron chi connectivity index (χ4n) is 1.78. The standard InChI is InChI=1S/C13H21F3N4/c1-5-10-18-11(17-6-2)7-12(19-10)20(9(3)4)8-13(14,15)16/h7,9H,5-6,8H2,1-4H3,(H,17,18,19). The Bertz CT molecular complexity index is 432. The first kappa shape index (κ1) is 16.5. The van der Waals surface area contributed by atoms with Gasteiger partial charge in [0.1, 0.15) is 24.0 Å². The predicted molar refractivity (Wildman–Crippen MR) is 74.1 cm³/mol. The van der Waals surface area contributed by atoms with Gasteiger partial charge in [0.15, 0.2) is 0 Å². The van der Waals surface area contributed by atoms with E-state index in [1.54, 1.807) is 19.9 Å². The summed E-state index contributed by atoms with van der Waals surface area (Å²) in [6.45, 7) is 6.84. The summed E-state index contributed by atoms with van der Waals surface area (Å²) in [4.78, 5) is 9.70. The average Bonchev–Trinajstić information content (AvgIpc) is 2.34. The van der Waals surface area contributed by atoms with E-state index in [-0.39, 0.29) is 6.04 Å². The summed E-state index contributed by atoms with van der Waals surface area (Å²) >= 11 is 0. The van der Waals surface area contributed by atoms with Crippen LogP contribution in [0, 0.1) is 0 Å². The fourth-order valence-corrected chi connectivity index (χ4v) is 1.78. The maximum Gasteiger partial charge on any atom is 0.405 e. The van der Waals surface area contributed by atoms with Gasteiger partial charge in [-0.05, 0) is 20.8 Å². The summed E-state index contributed by atoms with van der Waals surface area (Å²) in [5, 5.41) is 3.02. The van der Waals surface area contributed by atoms with E-state index >= 15 is 0 Å². The van der Waals surface area contributed by atoms with Gasteiger partial charge in [0.05, 0.1) is 0 Å². The van der Waals surface area contributed by atoms with Gasteiger partial charge < -0.3 is 10.2 Å². The summed E-state index contributed by atoms with van der Waals surface area (Å²) in [6.07, 6.45) is -3.69. The van der Waals surface area contributed by atoms with Crippen molar-refractivity contribution in [2.24, 2.45) is 0 Å². The molecule has 0 atom stereocenters. The van der Waals surface area contributed by atoms with Crippen LogP contribution in [-0.2, 0) is 6.42 Å². The van der Waals surface area contributed by atoms with Gasteiger partial charge in [-0.15, -0.1) is 0 Å².